The first-order chi connectivity index (χ1) is 6.57. The van der Waals surface area contributed by atoms with E-state index in [1.54, 1.807) is 17.4 Å². The summed E-state index contributed by atoms with van der Waals surface area (Å²) in [4.78, 5) is 12.8. The van der Waals surface area contributed by atoms with Gasteiger partial charge in [0.25, 0.3) is 5.91 Å². The summed E-state index contributed by atoms with van der Waals surface area (Å²) >= 11 is 5.03. The Morgan fingerprint density at radius 2 is 2.29 bits per heavy atom. The molecule has 0 saturated carbocycles. The van der Waals surface area contributed by atoms with Gasteiger partial charge in [0.1, 0.15) is 5.56 Å². The summed E-state index contributed by atoms with van der Waals surface area (Å²) in [6.45, 7) is 8.02. The summed E-state index contributed by atoms with van der Waals surface area (Å²) in [5, 5.41) is 2.76. The van der Waals surface area contributed by atoms with Crippen molar-refractivity contribution in [2.75, 3.05) is 6.54 Å². The topological polar surface area (TPSA) is 29.1 Å². The van der Waals surface area contributed by atoms with E-state index in [0.29, 0.717) is 6.54 Å². The molecule has 0 radical (unpaired) electrons. The third kappa shape index (κ3) is 2.19. The molecule has 1 heterocycles. The lowest BCUT2D eigenvalue weighted by atomic mass is 10.1. The highest BCUT2D eigenvalue weighted by Gasteiger charge is 2.20. The number of rotatable bonds is 3. The molecule has 0 aromatic carbocycles. The maximum Gasteiger partial charge on any atom is 0.257 e. The molecule has 0 fully saturated rings. The normalized spacial score (nSPS) is 9.93. The summed E-state index contributed by atoms with van der Waals surface area (Å²) in [5.74, 6) is -0.0447. The lowest BCUT2D eigenvalue weighted by Gasteiger charge is -2.00. The van der Waals surface area contributed by atoms with Gasteiger partial charge in [0, 0.05) is 24.1 Å². The molecule has 0 aliphatic carbocycles. The highest BCUT2D eigenvalue weighted by molar-refractivity contribution is 7.63. The van der Waals surface area contributed by atoms with Gasteiger partial charge in [-0.2, -0.15) is 0 Å². The van der Waals surface area contributed by atoms with Crippen LogP contribution in [0, 0.1) is 13.8 Å². The van der Waals surface area contributed by atoms with Crippen LogP contribution >= 0.6 is 11.3 Å². The van der Waals surface area contributed by atoms with E-state index in [4.69, 9.17) is 0 Å². The Kier molecular flexibility index (Phi) is 3.77. The Morgan fingerprint density at radius 1 is 1.64 bits per heavy atom. The van der Waals surface area contributed by atoms with Gasteiger partial charge in [-0.05, 0) is 19.4 Å². The van der Waals surface area contributed by atoms with Gasteiger partial charge in [0.05, 0.1) is 0 Å². The van der Waals surface area contributed by atoms with Crippen LogP contribution in [0.3, 0.4) is 0 Å². The maximum absolute atomic E-state index is 11.7. The number of carbonyl (C=O) groups is 1. The molecule has 4 heteroatoms. The average molecular weight is 228 g/mol. The first kappa shape index (κ1) is 11.3. The van der Waals surface area contributed by atoms with Crippen molar-refractivity contribution in [3.63, 3.8) is 0 Å². The number of thiophene rings is 1. The fourth-order valence-electron chi connectivity index (χ4n) is 1.15. The highest BCUT2D eigenvalue weighted by Crippen LogP contribution is 2.26. The number of carbonyl (C=O) groups excluding carboxylic acids is 1. The quantitative estimate of drug-likeness (QED) is 0.618. The van der Waals surface area contributed by atoms with E-state index in [2.05, 4.69) is 24.5 Å². The zero-order chi connectivity index (χ0) is 10.7. The molecule has 1 aromatic heterocycles. The lowest BCUT2D eigenvalue weighted by molar-refractivity contribution is 0.0955. The molecular formula is C10H14NOS2+. The SMILES string of the molecule is C=CCNC(=O)c1c([SH2+])sc(C)c1C. The summed E-state index contributed by atoms with van der Waals surface area (Å²) < 4.78 is 0.890. The van der Waals surface area contributed by atoms with Gasteiger partial charge in [0.2, 0.25) is 4.21 Å². The minimum absolute atomic E-state index is 0.0447. The number of hydrogen-bond donors (Lipinski definition) is 1. The molecule has 0 spiro atoms. The summed E-state index contributed by atoms with van der Waals surface area (Å²) in [7, 11) is 0. The van der Waals surface area contributed by atoms with Crippen molar-refractivity contribution in [3.8, 4) is 0 Å². The summed E-state index contributed by atoms with van der Waals surface area (Å²) in [5.41, 5.74) is 1.78. The van der Waals surface area contributed by atoms with Gasteiger partial charge in [-0.15, -0.1) is 6.58 Å². The smallest absolute Gasteiger partial charge is 0.257 e. The number of nitrogens with one attached hydrogen (secondary N) is 1. The molecular weight excluding hydrogens is 214 g/mol. The fraction of sp³-hybridized carbons (Fsp3) is 0.300. The summed E-state index contributed by atoms with van der Waals surface area (Å²) in [6.07, 6.45) is 1.67. The molecule has 1 rings (SSSR count). The van der Waals surface area contributed by atoms with Crippen LogP contribution in [0.1, 0.15) is 20.8 Å². The largest absolute Gasteiger partial charge is 0.348 e. The Bertz CT molecular complexity index is 368. The van der Waals surface area contributed by atoms with Crippen LogP contribution < -0.4 is 5.32 Å². The molecule has 1 aromatic rings. The molecule has 0 unspecified atom stereocenters. The van der Waals surface area contributed by atoms with Crippen LogP contribution in [0.2, 0.25) is 0 Å². The van der Waals surface area contributed by atoms with Crippen LogP contribution in [0.15, 0.2) is 16.9 Å². The third-order valence-electron chi connectivity index (χ3n) is 2.02. The molecule has 0 saturated heterocycles. The Balaban J connectivity index is 2.94. The van der Waals surface area contributed by atoms with Crippen LogP contribution in [0.25, 0.3) is 0 Å². The van der Waals surface area contributed by atoms with Crippen molar-refractivity contribution in [2.45, 2.75) is 18.1 Å². The van der Waals surface area contributed by atoms with Crippen LogP contribution in [-0.4, -0.2) is 12.5 Å². The molecule has 1 amide bonds. The van der Waals surface area contributed by atoms with E-state index in [1.165, 1.54) is 4.88 Å². The second-order valence-electron chi connectivity index (χ2n) is 2.99. The first-order valence-corrected chi connectivity index (χ1v) is 5.60. The Labute approximate surface area is 93.4 Å². The van der Waals surface area contributed by atoms with Crippen LogP contribution in [0.5, 0.6) is 0 Å². The molecule has 1 N–H and O–H groups in total. The highest BCUT2D eigenvalue weighted by atomic mass is 32.2. The Hall–Kier alpha value is -0.740. The van der Waals surface area contributed by atoms with E-state index >= 15 is 0 Å². The molecule has 14 heavy (non-hydrogen) atoms. The zero-order valence-electron chi connectivity index (χ0n) is 8.31. The van der Waals surface area contributed by atoms with Crippen molar-refractivity contribution in [1.29, 1.82) is 0 Å². The summed E-state index contributed by atoms with van der Waals surface area (Å²) in [6, 6.07) is 0. The van der Waals surface area contributed by atoms with E-state index in [0.717, 1.165) is 15.3 Å². The molecule has 0 atom stereocenters. The minimum atomic E-state index is -0.0447. The van der Waals surface area contributed by atoms with E-state index in [-0.39, 0.29) is 5.91 Å². The van der Waals surface area contributed by atoms with Gasteiger partial charge < -0.3 is 5.32 Å². The number of hydrogen-bond acceptors (Lipinski definition) is 2. The van der Waals surface area contributed by atoms with Crippen molar-refractivity contribution in [1.82, 2.24) is 5.32 Å². The minimum Gasteiger partial charge on any atom is -0.348 e. The van der Waals surface area contributed by atoms with Crippen LogP contribution in [-0.2, 0) is 12.6 Å². The monoisotopic (exact) mass is 228 g/mol. The van der Waals surface area contributed by atoms with Crippen molar-refractivity contribution >= 4 is 29.9 Å². The van der Waals surface area contributed by atoms with E-state index < -0.39 is 0 Å². The van der Waals surface area contributed by atoms with Crippen molar-refractivity contribution < 1.29 is 4.79 Å². The van der Waals surface area contributed by atoms with E-state index in [9.17, 15) is 4.79 Å². The second kappa shape index (κ2) is 4.66. The molecule has 0 aliphatic heterocycles. The lowest BCUT2D eigenvalue weighted by Crippen LogP contribution is -2.24. The molecule has 0 aliphatic rings. The van der Waals surface area contributed by atoms with Gasteiger partial charge in [0.15, 0.2) is 0 Å². The predicted molar refractivity (Wildman–Crippen MR) is 64.7 cm³/mol. The molecule has 76 valence electrons. The molecule has 0 bridgehead atoms. The zero-order valence-corrected chi connectivity index (χ0v) is 10.1. The average Bonchev–Trinajstić information content (AvgIpc) is 2.38. The van der Waals surface area contributed by atoms with Crippen molar-refractivity contribution in [2.24, 2.45) is 0 Å². The van der Waals surface area contributed by atoms with E-state index in [1.807, 2.05) is 13.8 Å². The standard InChI is InChI=1S/C10H13NOS2/c1-4-5-11-9(12)8-6(2)7(3)14-10(8)13/h4,13H,1,5H2,2-3H3,(H,11,12)/p+1. The van der Waals surface area contributed by atoms with Gasteiger partial charge >= 0.3 is 0 Å². The third-order valence-corrected chi connectivity index (χ3v) is 3.60. The maximum atomic E-state index is 11.7. The van der Waals surface area contributed by atoms with Crippen LogP contribution in [0.4, 0.5) is 0 Å². The van der Waals surface area contributed by atoms with Gasteiger partial charge in [-0.25, -0.2) is 0 Å². The first-order valence-electron chi connectivity index (χ1n) is 4.28. The predicted octanol–water partition coefficient (Wildman–Crippen LogP) is 1.65. The number of amides is 1. The number of aryl methyl sites for hydroxylation is 1. The van der Waals surface area contributed by atoms with Crippen molar-refractivity contribution in [3.05, 3.63) is 28.7 Å². The molecule has 2 nitrogen and oxygen atoms in total. The van der Waals surface area contributed by atoms with Gasteiger partial charge in [-0.3, -0.25) is 4.79 Å². The fourth-order valence-corrected chi connectivity index (χ4v) is 2.82. The van der Waals surface area contributed by atoms with Gasteiger partial charge in [-0.1, -0.05) is 17.4 Å². The second-order valence-corrected chi connectivity index (χ2v) is 5.07. The Morgan fingerprint density at radius 3 is 2.71 bits per heavy atom.